The quantitative estimate of drug-likeness (QED) is 0.601. The van der Waals surface area contributed by atoms with Gasteiger partial charge in [0.15, 0.2) is 11.9 Å². The molecular formula is C18H19ClFN3O5S. The normalized spacial score (nSPS) is 12.7. The number of aryl methyl sites for hydroxylation is 1. The maximum atomic E-state index is 13.0. The molecule has 2 amide bonds. The molecule has 2 rings (SSSR count). The zero-order chi connectivity index (χ0) is 21.6. The molecule has 2 aromatic rings. The van der Waals surface area contributed by atoms with Crippen molar-refractivity contribution in [3.63, 3.8) is 0 Å². The predicted octanol–water partition coefficient (Wildman–Crippen LogP) is 3.41. The molecule has 0 unspecified atom stereocenters. The van der Waals surface area contributed by atoms with Gasteiger partial charge in [-0.1, -0.05) is 16.8 Å². The number of thioether (sulfide) groups is 1. The number of esters is 1. The second-order valence-electron chi connectivity index (χ2n) is 6.01. The van der Waals surface area contributed by atoms with E-state index in [0.717, 1.165) is 23.9 Å². The van der Waals surface area contributed by atoms with Crippen molar-refractivity contribution in [3.05, 3.63) is 40.9 Å². The fraction of sp³-hybridized carbons (Fsp3) is 0.333. The first-order valence-corrected chi connectivity index (χ1v) is 9.89. The Balaban J connectivity index is 1.77. The number of aromatic nitrogens is 1. The first kappa shape index (κ1) is 22.7. The number of ether oxygens (including phenoxy) is 1. The topological polar surface area (TPSA) is 111 Å². The van der Waals surface area contributed by atoms with Crippen LogP contribution in [-0.2, 0) is 19.1 Å². The van der Waals surface area contributed by atoms with Gasteiger partial charge in [0.2, 0.25) is 5.91 Å². The van der Waals surface area contributed by atoms with Gasteiger partial charge in [-0.15, -0.1) is 11.8 Å². The van der Waals surface area contributed by atoms with Crippen molar-refractivity contribution < 1.29 is 28.0 Å². The van der Waals surface area contributed by atoms with E-state index in [-0.39, 0.29) is 28.2 Å². The van der Waals surface area contributed by atoms with Crippen LogP contribution in [0.3, 0.4) is 0 Å². The molecule has 2 N–H and O–H groups in total. The maximum absolute atomic E-state index is 13.0. The third kappa shape index (κ3) is 7.06. The number of halogens is 2. The van der Waals surface area contributed by atoms with Gasteiger partial charge >= 0.3 is 5.97 Å². The molecule has 0 aliphatic carbocycles. The van der Waals surface area contributed by atoms with Gasteiger partial charge in [0.1, 0.15) is 11.6 Å². The molecular weight excluding hydrogens is 425 g/mol. The fourth-order valence-electron chi connectivity index (χ4n) is 2.03. The van der Waals surface area contributed by atoms with Crippen LogP contribution in [-0.4, -0.2) is 40.0 Å². The molecule has 0 saturated carbocycles. The number of carbonyl (C=O) groups excluding carboxylic acids is 3. The largest absolute Gasteiger partial charge is 0.452 e. The predicted molar refractivity (Wildman–Crippen MR) is 107 cm³/mol. The van der Waals surface area contributed by atoms with Crippen LogP contribution < -0.4 is 10.6 Å². The number of amides is 2. The first-order valence-electron chi connectivity index (χ1n) is 8.47. The van der Waals surface area contributed by atoms with E-state index in [1.807, 2.05) is 0 Å². The van der Waals surface area contributed by atoms with E-state index in [1.165, 1.54) is 13.0 Å². The molecule has 0 radical (unpaired) electrons. The van der Waals surface area contributed by atoms with Crippen LogP contribution in [0.25, 0.3) is 0 Å². The van der Waals surface area contributed by atoms with Gasteiger partial charge in [-0.25, -0.2) is 4.39 Å². The number of benzene rings is 1. The molecule has 0 spiro atoms. The fourth-order valence-corrected chi connectivity index (χ4v) is 2.91. The molecule has 0 fully saturated rings. The van der Waals surface area contributed by atoms with Crippen LogP contribution in [0, 0.1) is 12.7 Å². The second kappa shape index (κ2) is 10.3. The Bertz CT molecular complexity index is 907. The Morgan fingerprint density at radius 1 is 1.24 bits per heavy atom. The monoisotopic (exact) mass is 443 g/mol. The summed E-state index contributed by atoms with van der Waals surface area (Å²) in [5.74, 6) is -1.48. The SMILES string of the molecule is Cc1cc(NC(=O)[C@@H](C)SCC(=O)O[C@@H](C)C(=O)Nc2ccc(F)cc2Cl)no1. The Hall–Kier alpha value is -2.59. The van der Waals surface area contributed by atoms with Crippen molar-refractivity contribution in [1.82, 2.24) is 5.16 Å². The van der Waals surface area contributed by atoms with E-state index in [9.17, 15) is 18.8 Å². The Morgan fingerprint density at radius 3 is 2.59 bits per heavy atom. The molecule has 0 saturated heterocycles. The molecule has 1 aromatic heterocycles. The van der Waals surface area contributed by atoms with Gasteiger partial charge in [0.05, 0.1) is 21.7 Å². The van der Waals surface area contributed by atoms with Gasteiger partial charge in [-0.2, -0.15) is 0 Å². The minimum Gasteiger partial charge on any atom is -0.452 e. The summed E-state index contributed by atoms with van der Waals surface area (Å²) in [4.78, 5) is 36.1. The van der Waals surface area contributed by atoms with Crippen molar-refractivity contribution in [2.75, 3.05) is 16.4 Å². The highest BCUT2D eigenvalue weighted by atomic mass is 35.5. The zero-order valence-electron chi connectivity index (χ0n) is 15.8. The van der Waals surface area contributed by atoms with E-state index >= 15 is 0 Å². The lowest BCUT2D eigenvalue weighted by Crippen LogP contribution is -2.31. The van der Waals surface area contributed by atoms with Crippen molar-refractivity contribution in [1.29, 1.82) is 0 Å². The molecule has 156 valence electrons. The summed E-state index contributed by atoms with van der Waals surface area (Å²) < 4.78 is 22.9. The van der Waals surface area contributed by atoms with Crippen LogP contribution in [0.2, 0.25) is 5.02 Å². The van der Waals surface area contributed by atoms with Gasteiger partial charge < -0.3 is 19.9 Å². The highest BCUT2D eigenvalue weighted by Crippen LogP contribution is 2.22. The molecule has 0 aliphatic rings. The summed E-state index contributed by atoms with van der Waals surface area (Å²) in [6, 6.07) is 5.06. The zero-order valence-corrected chi connectivity index (χ0v) is 17.4. The lowest BCUT2D eigenvalue weighted by molar-refractivity contribution is -0.150. The summed E-state index contributed by atoms with van der Waals surface area (Å²) in [5, 5.41) is 8.13. The molecule has 1 heterocycles. The molecule has 29 heavy (non-hydrogen) atoms. The lowest BCUT2D eigenvalue weighted by atomic mass is 10.3. The summed E-state index contributed by atoms with van der Waals surface area (Å²) in [5.41, 5.74) is 0.198. The minimum absolute atomic E-state index is 0.0228. The van der Waals surface area contributed by atoms with E-state index in [4.69, 9.17) is 20.9 Å². The number of hydrogen-bond acceptors (Lipinski definition) is 7. The number of rotatable bonds is 8. The Kier molecular flexibility index (Phi) is 8.03. The molecule has 8 nitrogen and oxygen atoms in total. The van der Waals surface area contributed by atoms with Crippen molar-refractivity contribution in [3.8, 4) is 0 Å². The average Bonchev–Trinajstić information content (AvgIpc) is 3.06. The lowest BCUT2D eigenvalue weighted by Gasteiger charge is -2.15. The first-order chi connectivity index (χ1) is 13.7. The number of carbonyl (C=O) groups is 3. The summed E-state index contributed by atoms with van der Waals surface area (Å²) in [6.45, 7) is 4.70. The highest BCUT2D eigenvalue weighted by molar-refractivity contribution is 8.01. The van der Waals surface area contributed by atoms with Crippen LogP contribution >= 0.6 is 23.4 Å². The van der Waals surface area contributed by atoms with Crippen molar-refractivity contribution in [2.45, 2.75) is 32.1 Å². The van der Waals surface area contributed by atoms with Crippen LogP contribution in [0.4, 0.5) is 15.9 Å². The molecule has 0 aliphatic heterocycles. The van der Waals surface area contributed by atoms with Gasteiger partial charge in [-0.05, 0) is 39.0 Å². The van der Waals surface area contributed by atoms with Gasteiger partial charge in [0.25, 0.3) is 5.91 Å². The molecule has 0 bridgehead atoms. The Labute approximate surface area is 175 Å². The standard InChI is InChI=1S/C18H19ClFN3O5S/c1-9-6-15(23-28-9)22-18(26)11(3)29-8-16(24)27-10(2)17(25)21-14-5-4-12(20)7-13(14)19/h4-7,10-11H,8H2,1-3H3,(H,21,25)(H,22,23,26)/t10-,11+/m0/s1. The number of nitrogens with one attached hydrogen (secondary N) is 2. The number of anilines is 2. The molecule has 1 aromatic carbocycles. The van der Waals surface area contributed by atoms with Crippen molar-refractivity contribution in [2.24, 2.45) is 0 Å². The number of hydrogen-bond donors (Lipinski definition) is 2. The van der Waals surface area contributed by atoms with Crippen LogP contribution in [0.5, 0.6) is 0 Å². The minimum atomic E-state index is -1.11. The second-order valence-corrected chi connectivity index (χ2v) is 7.75. The van der Waals surface area contributed by atoms with E-state index < -0.39 is 29.0 Å². The number of nitrogens with zero attached hydrogens (tertiary/aromatic N) is 1. The van der Waals surface area contributed by atoms with E-state index in [1.54, 1.807) is 19.9 Å². The third-order valence-electron chi connectivity index (χ3n) is 3.57. The highest BCUT2D eigenvalue weighted by Gasteiger charge is 2.21. The summed E-state index contributed by atoms with van der Waals surface area (Å²) in [7, 11) is 0. The smallest absolute Gasteiger partial charge is 0.316 e. The van der Waals surface area contributed by atoms with Crippen LogP contribution in [0.15, 0.2) is 28.8 Å². The van der Waals surface area contributed by atoms with Crippen LogP contribution in [0.1, 0.15) is 19.6 Å². The summed E-state index contributed by atoms with van der Waals surface area (Å²) in [6.07, 6.45) is -1.11. The Morgan fingerprint density at radius 2 is 1.97 bits per heavy atom. The average molecular weight is 444 g/mol. The van der Waals surface area contributed by atoms with Gasteiger partial charge in [-0.3, -0.25) is 14.4 Å². The van der Waals surface area contributed by atoms with Crippen molar-refractivity contribution >= 4 is 52.7 Å². The van der Waals surface area contributed by atoms with Gasteiger partial charge in [0, 0.05) is 6.07 Å². The maximum Gasteiger partial charge on any atom is 0.316 e. The molecule has 11 heteroatoms. The van der Waals surface area contributed by atoms with E-state index in [2.05, 4.69) is 15.8 Å². The third-order valence-corrected chi connectivity index (χ3v) is 5.00. The molecule has 2 atom stereocenters. The van der Waals surface area contributed by atoms with E-state index in [0.29, 0.717) is 5.76 Å². The summed E-state index contributed by atoms with van der Waals surface area (Å²) >= 11 is 6.88.